The highest BCUT2D eigenvalue weighted by Gasteiger charge is 2.28. The monoisotopic (exact) mass is 386 g/mol. The molecule has 26 heavy (non-hydrogen) atoms. The summed E-state index contributed by atoms with van der Waals surface area (Å²) < 4.78 is 40.2. The maximum Gasteiger partial charge on any atom is 0.265 e. The fraction of sp³-hybridized carbons (Fsp3) is 0.684. The van der Waals surface area contributed by atoms with Crippen molar-refractivity contribution >= 4 is 10.0 Å². The molecule has 1 aliphatic carbocycles. The zero-order valence-electron chi connectivity index (χ0n) is 15.4. The highest BCUT2D eigenvalue weighted by atomic mass is 32.2. The summed E-state index contributed by atoms with van der Waals surface area (Å²) in [4.78, 5) is 5.97. The number of rotatable bonds is 11. The van der Waals surface area contributed by atoms with Crippen molar-refractivity contribution in [3.05, 3.63) is 30.1 Å². The van der Waals surface area contributed by atoms with E-state index in [0.717, 1.165) is 62.3 Å². The highest BCUT2D eigenvalue weighted by Crippen LogP contribution is 2.25. The lowest BCUT2D eigenvalue weighted by Crippen LogP contribution is -2.37. The summed E-state index contributed by atoms with van der Waals surface area (Å²) in [6.45, 7) is 1.01. The number of nitrogens with zero attached hydrogens (tertiary/aromatic N) is 1. The summed E-state index contributed by atoms with van der Waals surface area (Å²) in [6.07, 6.45) is 9.76. The second-order valence-electron chi connectivity index (χ2n) is 6.91. The van der Waals surface area contributed by atoms with Gasteiger partial charge in [0.1, 0.15) is 5.82 Å². The van der Waals surface area contributed by atoms with Crippen LogP contribution in [0, 0.1) is 5.82 Å². The third kappa shape index (κ3) is 6.61. The van der Waals surface area contributed by atoms with Gasteiger partial charge in [-0.1, -0.05) is 43.0 Å². The Bertz CT molecular complexity index is 616. The number of sulfonamides is 1. The molecule has 0 spiro atoms. The number of hydrogen-bond acceptors (Lipinski definition) is 4. The molecule has 1 aliphatic rings. The number of unbranched alkanes of at least 4 members (excludes halogenated alkanes) is 4. The van der Waals surface area contributed by atoms with Crippen LogP contribution < -0.4 is 5.73 Å². The van der Waals surface area contributed by atoms with Crippen LogP contribution in [-0.4, -0.2) is 32.1 Å². The molecule has 0 aliphatic heterocycles. The van der Waals surface area contributed by atoms with Crippen molar-refractivity contribution in [1.82, 2.24) is 4.47 Å². The van der Waals surface area contributed by atoms with Gasteiger partial charge in [-0.05, 0) is 56.5 Å². The van der Waals surface area contributed by atoms with Gasteiger partial charge >= 0.3 is 0 Å². The molecule has 1 aromatic rings. The molecular weight excluding hydrogens is 355 g/mol. The SMILES string of the molecule is NCCCCCCCN(OC1CCCCC1)S(=O)(=O)c1ccc(F)cc1. The van der Waals surface area contributed by atoms with Gasteiger partial charge in [0.25, 0.3) is 10.0 Å². The normalized spacial score (nSPS) is 16.3. The van der Waals surface area contributed by atoms with E-state index >= 15 is 0 Å². The molecule has 148 valence electrons. The molecule has 0 amide bonds. The van der Waals surface area contributed by atoms with Gasteiger partial charge in [-0.15, -0.1) is 0 Å². The van der Waals surface area contributed by atoms with Crippen molar-refractivity contribution in [3.63, 3.8) is 0 Å². The van der Waals surface area contributed by atoms with Gasteiger partial charge in [0.15, 0.2) is 0 Å². The summed E-state index contributed by atoms with van der Waals surface area (Å²) in [5.41, 5.74) is 5.49. The predicted octanol–water partition coefficient (Wildman–Crippen LogP) is 3.99. The highest BCUT2D eigenvalue weighted by molar-refractivity contribution is 7.89. The van der Waals surface area contributed by atoms with Crippen molar-refractivity contribution in [1.29, 1.82) is 0 Å². The van der Waals surface area contributed by atoms with Gasteiger partial charge in [0.05, 0.1) is 11.0 Å². The average molecular weight is 387 g/mol. The Kier molecular flexibility index (Phi) is 8.98. The molecule has 0 saturated heterocycles. The van der Waals surface area contributed by atoms with Crippen molar-refractivity contribution in [2.24, 2.45) is 5.73 Å². The number of halogens is 1. The molecule has 0 bridgehead atoms. The third-order valence-electron chi connectivity index (χ3n) is 4.74. The minimum absolute atomic E-state index is 0.0591. The Labute approximate surface area is 156 Å². The molecule has 1 fully saturated rings. The molecule has 0 aromatic heterocycles. The summed E-state index contributed by atoms with van der Waals surface area (Å²) >= 11 is 0. The van der Waals surface area contributed by atoms with Crippen molar-refractivity contribution in [2.75, 3.05) is 13.1 Å². The van der Waals surface area contributed by atoms with Crippen LogP contribution >= 0.6 is 0 Å². The third-order valence-corrected chi connectivity index (χ3v) is 6.42. The fourth-order valence-corrected chi connectivity index (χ4v) is 4.53. The van der Waals surface area contributed by atoms with E-state index in [2.05, 4.69) is 0 Å². The summed E-state index contributed by atoms with van der Waals surface area (Å²) in [5, 5.41) is 0. The van der Waals surface area contributed by atoms with Gasteiger partial charge in [-0.2, -0.15) is 0 Å². The molecule has 7 heteroatoms. The van der Waals surface area contributed by atoms with E-state index in [1.54, 1.807) is 0 Å². The molecular formula is C19H31FN2O3S. The number of benzene rings is 1. The fourth-order valence-electron chi connectivity index (χ4n) is 3.21. The Morgan fingerprint density at radius 1 is 1.00 bits per heavy atom. The van der Waals surface area contributed by atoms with Crippen LogP contribution in [0.3, 0.4) is 0 Å². The molecule has 0 atom stereocenters. The van der Waals surface area contributed by atoms with E-state index in [1.165, 1.54) is 30.7 Å². The quantitative estimate of drug-likeness (QED) is 0.461. The zero-order chi connectivity index (χ0) is 18.8. The standard InChI is InChI=1S/C19H31FN2O3S/c20-17-11-13-19(14-12-17)26(23,24)22(16-8-3-1-2-7-15-21)25-18-9-5-4-6-10-18/h11-14,18H,1-10,15-16,21H2. The minimum Gasteiger partial charge on any atom is -0.330 e. The first-order valence-corrected chi connectivity index (χ1v) is 11.1. The van der Waals surface area contributed by atoms with Crippen LogP contribution in [0.15, 0.2) is 29.2 Å². The van der Waals surface area contributed by atoms with E-state index in [4.69, 9.17) is 10.6 Å². The first kappa shape index (κ1) is 21.3. The van der Waals surface area contributed by atoms with E-state index in [1.807, 2.05) is 0 Å². The molecule has 0 unspecified atom stereocenters. The van der Waals surface area contributed by atoms with Crippen LogP contribution in [0.1, 0.15) is 64.2 Å². The van der Waals surface area contributed by atoms with Crippen LogP contribution in [0.2, 0.25) is 0 Å². The van der Waals surface area contributed by atoms with Crippen molar-refractivity contribution in [2.45, 2.75) is 75.2 Å². The Morgan fingerprint density at radius 3 is 2.27 bits per heavy atom. The first-order chi connectivity index (χ1) is 12.5. The molecule has 2 N–H and O–H groups in total. The molecule has 2 rings (SSSR count). The minimum atomic E-state index is -3.79. The van der Waals surface area contributed by atoms with E-state index in [-0.39, 0.29) is 11.0 Å². The second kappa shape index (κ2) is 11.0. The first-order valence-electron chi connectivity index (χ1n) is 9.69. The van der Waals surface area contributed by atoms with Crippen LogP contribution in [0.5, 0.6) is 0 Å². The molecule has 0 radical (unpaired) electrons. The summed E-state index contributed by atoms with van der Waals surface area (Å²) in [5.74, 6) is -0.455. The van der Waals surface area contributed by atoms with Crippen LogP contribution in [0.25, 0.3) is 0 Å². The van der Waals surface area contributed by atoms with Crippen LogP contribution in [-0.2, 0) is 14.9 Å². The zero-order valence-corrected chi connectivity index (χ0v) is 16.2. The lowest BCUT2D eigenvalue weighted by atomic mass is 9.98. The smallest absolute Gasteiger partial charge is 0.265 e. The molecule has 1 aromatic carbocycles. The van der Waals surface area contributed by atoms with Gasteiger partial charge in [0, 0.05) is 6.54 Å². The largest absolute Gasteiger partial charge is 0.330 e. The van der Waals surface area contributed by atoms with Gasteiger partial charge in [-0.3, -0.25) is 4.84 Å². The lowest BCUT2D eigenvalue weighted by molar-refractivity contribution is -0.143. The lowest BCUT2D eigenvalue weighted by Gasteiger charge is -2.29. The maximum atomic E-state index is 13.2. The topological polar surface area (TPSA) is 72.6 Å². The van der Waals surface area contributed by atoms with Crippen molar-refractivity contribution < 1.29 is 17.6 Å². The number of hydrogen-bond donors (Lipinski definition) is 1. The molecule has 5 nitrogen and oxygen atoms in total. The van der Waals surface area contributed by atoms with Gasteiger partial charge in [-0.25, -0.2) is 12.8 Å². The number of hydroxylamine groups is 1. The second-order valence-corrected chi connectivity index (χ2v) is 8.74. The van der Waals surface area contributed by atoms with Gasteiger partial charge < -0.3 is 5.73 Å². The van der Waals surface area contributed by atoms with Crippen LogP contribution in [0.4, 0.5) is 4.39 Å². The summed E-state index contributed by atoms with van der Waals surface area (Å²) in [7, 11) is -3.79. The predicted molar refractivity (Wildman–Crippen MR) is 100 cm³/mol. The van der Waals surface area contributed by atoms with E-state index in [0.29, 0.717) is 13.1 Å². The van der Waals surface area contributed by atoms with E-state index in [9.17, 15) is 12.8 Å². The Morgan fingerprint density at radius 2 is 1.62 bits per heavy atom. The van der Waals surface area contributed by atoms with E-state index < -0.39 is 15.8 Å². The van der Waals surface area contributed by atoms with Crippen molar-refractivity contribution in [3.8, 4) is 0 Å². The average Bonchev–Trinajstić information content (AvgIpc) is 2.64. The Balaban J connectivity index is 2.01. The molecule has 1 saturated carbocycles. The maximum absolute atomic E-state index is 13.2. The number of nitrogens with two attached hydrogens (primary N) is 1. The molecule has 0 heterocycles. The summed E-state index contributed by atoms with van der Waals surface area (Å²) in [6, 6.07) is 4.92. The Hall–Kier alpha value is -1.02. The van der Waals surface area contributed by atoms with Gasteiger partial charge in [0.2, 0.25) is 0 Å².